The minimum atomic E-state index is -1.15. The molecule has 0 bridgehead atoms. The molecule has 5 nitrogen and oxygen atoms in total. The van der Waals surface area contributed by atoms with Crippen molar-refractivity contribution in [3.63, 3.8) is 0 Å². The Morgan fingerprint density at radius 2 is 2.06 bits per heavy atom. The largest absolute Gasteiger partial charge is 0.478 e. The summed E-state index contributed by atoms with van der Waals surface area (Å²) in [5.41, 5.74) is 7.18. The molecule has 17 heavy (non-hydrogen) atoms. The Morgan fingerprint density at radius 1 is 1.41 bits per heavy atom. The van der Waals surface area contributed by atoms with Gasteiger partial charge in [0.15, 0.2) is 0 Å². The van der Waals surface area contributed by atoms with Gasteiger partial charge in [-0.1, -0.05) is 18.2 Å². The number of hydrogen-bond donors (Lipinski definition) is 2. The Labute approximate surface area is 98.1 Å². The molecule has 0 unspecified atom stereocenters. The number of nitrogens with zero attached hydrogens (tertiary/aromatic N) is 1. The third-order valence-electron chi connectivity index (χ3n) is 2.74. The molecule has 1 aromatic carbocycles. The minimum absolute atomic E-state index is 0.0109. The van der Waals surface area contributed by atoms with Crippen LogP contribution in [0.15, 0.2) is 35.7 Å². The first kappa shape index (κ1) is 11.2. The number of aryl methyl sites for hydroxylation is 1. The molecule has 2 rings (SSSR count). The second-order valence-electron chi connectivity index (χ2n) is 3.86. The lowest BCUT2D eigenvalue weighted by molar-refractivity contribution is -0.133. The van der Waals surface area contributed by atoms with Crippen molar-refractivity contribution >= 4 is 17.6 Å². The second-order valence-corrected chi connectivity index (χ2v) is 3.86. The summed E-state index contributed by atoms with van der Waals surface area (Å²) >= 11 is 0. The summed E-state index contributed by atoms with van der Waals surface area (Å²) < 4.78 is 0. The van der Waals surface area contributed by atoms with E-state index in [0.717, 1.165) is 5.56 Å². The van der Waals surface area contributed by atoms with E-state index >= 15 is 0 Å². The average Bonchev–Trinajstić information content (AvgIpc) is 2.56. The highest BCUT2D eigenvalue weighted by atomic mass is 16.4. The minimum Gasteiger partial charge on any atom is -0.478 e. The van der Waals surface area contributed by atoms with Crippen LogP contribution in [-0.2, 0) is 9.59 Å². The van der Waals surface area contributed by atoms with Crippen LogP contribution in [0.4, 0.5) is 5.69 Å². The molecule has 5 heteroatoms. The smallest absolute Gasteiger partial charge is 0.335 e. The van der Waals surface area contributed by atoms with Crippen molar-refractivity contribution in [2.24, 2.45) is 5.73 Å². The van der Waals surface area contributed by atoms with Crippen LogP contribution in [0.1, 0.15) is 12.0 Å². The zero-order valence-corrected chi connectivity index (χ0v) is 9.30. The van der Waals surface area contributed by atoms with Gasteiger partial charge in [-0.25, -0.2) is 4.79 Å². The van der Waals surface area contributed by atoms with Gasteiger partial charge in [0.1, 0.15) is 5.82 Å². The molecule has 0 radical (unpaired) electrons. The molecular formula is C12H12N2O3. The SMILES string of the molecule is Cc1ccccc1N1C(=O)CC(C(=O)O)=C1N. The zero-order chi connectivity index (χ0) is 12.6. The monoisotopic (exact) mass is 232 g/mol. The molecule has 1 aromatic rings. The van der Waals surface area contributed by atoms with E-state index in [4.69, 9.17) is 10.8 Å². The standard InChI is InChI=1S/C12H12N2O3/c1-7-4-2-3-5-9(7)14-10(15)6-8(11(14)13)12(16)17/h2-5H,6,13H2,1H3,(H,16,17). The third-order valence-corrected chi connectivity index (χ3v) is 2.74. The maximum atomic E-state index is 11.8. The Bertz CT molecular complexity index is 534. The number of hydrogen-bond acceptors (Lipinski definition) is 3. The van der Waals surface area contributed by atoms with Gasteiger partial charge in [0, 0.05) is 0 Å². The van der Waals surface area contributed by atoms with E-state index in [0.29, 0.717) is 5.69 Å². The summed E-state index contributed by atoms with van der Waals surface area (Å²) in [7, 11) is 0. The maximum absolute atomic E-state index is 11.8. The molecule has 88 valence electrons. The number of carboxylic acid groups (broad SMARTS) is 1. The Morgan fingerprint density at radius 3 is 2.59 bits per heavy atom. The number of nitrogens with two attached hydrogens (primary N) is 1. The molecule has 0 atom stereocenters. The van der Waals surface area contributed by atoms with Gasteiger partial charge in [0.05, 0.1) is 17.7 Å². The Kier molecular flexibility index (Phi) is 2.59. The van der Waals surface area contributed by atoms with Gasteiger partial charge < -0.3 is 10.8 Å². The average molecular weight is 232 g/mol. The predicted molar refractivity (Wildman–Crippen MR) is 62.1 cm³/mol. The second kappa shape index (κ2) is 3.93. The van der Waals surface area contributed by atoms with Crippen LogP contribution in [0.3, 0.4) is 0 Å². The number of benzene rings is 1. The van der Waals surface area contributed by atoms with Crippen LogP contribution >= 0.6 is 0 Å². The highest BCUT2D eigenvalue weighted by Gasteiger charge is 2.33. The molecule has 1 aliphatic heterocycles. The van der Waals surface area contributed by atoms with Crippen molar-refractivity contribution in [1.82, 2.24) is 0 Å². The Hall–Kier alpha value is -2.30. The molecule has 1 aliphatic rings. The van der Waals surface area contributed by atoms with Crippen molar-refractivity contribution in [3.05, 3.63) is 41.2 Å². The lowest BCUT2D eigenvalue weighted by Gasteiger charge is -2.19. The fourth-order valence-corrected chi connectivity index (χ4v) is 1.85. The highest BCUT2D eigenvalue weighted by Crippen LogP contribution is 2.29. The van der Waals surface area contributed by atoms with Gasteiger partial charge in [0.2, 0.25) is 5.91 Å². The van der Waals surface area contributed by atoms with Gasteiger partial charge >= 0.3 is 5.97 Å². The normalized spacial score (nSPS) is 15.6. The van der Waals surface area contributed by atoms with Crippen LogP contribution in [0, 0.1) is 6.92 Å². The van der Waals surface area contributed by atoms with E-state index in [1.54, 1.807) is 12.1 Å². The quantitative estimate of drug-likeness (QED) is 0.796. The van der Waals surface area contributed by atoms with Crippen molar-refractivity contribution < 1.29 is 14.7 Å². The van der Waals surface area contributed by atoms with Crippen LogP contribution in [0.2, 0.25) is 0 Å². The fraction of sp³-hybridized carbons (Fsp3) is 0.167. The number of aliphatic carboxylic acids is 1. The fourth-order valence-electron chi connectivity index (χ4n) is 1.85. The summed E-state index contributed by atoms with van der Waals surface area (Å²) in [4.78, 5) is 24.0. The molecule has 3 N–H and O–H groups in total. The number of carbonyl (C=O) groups is 2. The van der Waals surface area contributed by atoms with Crippen LogP contribution in [0.25, 0.3) is 0 Å². The summed E-state index contributed by atoms with van der Waals surface area (Å²) in [5, 5.41) is 8.92. The van der Waals surface area contributed by atoms with E-state index in [9.17, 15) is 9.59 Å². The molecule has 0 saturated carbocycles. The highest BCUT2D eigenvalue weighted by molar-refractivity contribution is 6.08. The molecule has 0 saturated heterocycles. The van der Waals surface area contributed by atoms with E-state index in [1.165, 1.54) is 4.90 Å². The third kappa shape index (κ3) is 1.75. The van der Waals surface area contributed by atoms with Crippen molar-refractivity contribution in [2.45, 2.75) is 13.3 Å². The molecule has 1 amide bonds. The summed E-state index contributed by atoms with van der Waals surface area (Å²) in [6.07, 6.45) is -0.157. The first-order chi connectivity index (χ1) is 8.02. The first-order valence-corrected chi connectivity index (χ1v) is 5.13. The maximum Gasteiger partial charge on any atom is 0.335 e. The topological polar surface area (TPSA) is 83.6 Å². The number of para-hydroxylation sites is 1. The molecule has 0 spiro atoms. The predicted octanol–water partition coefficient (Wildman–Crippen LogP) is 0.987. The van der Waals surface area contributed by atoms with Crippen molar-refractivity contribution in [2.75, 3.05) is 4.90 Å². The molecule has 0 fully saturated rings. The van der Waals surface area contributed by atoms with Gasteiger partial charge in [-0.15, -0.1) is 0 Å². The lowest BCUT2D eigenvalue weighted by Crippen LogP contribution is -2.29. The van der Waals surface area contributed by atoms with E-state index < -0.39 is 5.97 Å². The number of anilines is 1. The van der Waals surface area contributed by atoms with Crippen molar-refractivity contribution in [1.29, 1.82) is 0 Å². The number of carboxylic acids is 1. The summed E-state index contributed by atoms with van der Waals surface area (Å²) in [5.74, 6) is -1.45. The van der Waals surface area contributed by atoms with Crippen molar-refractivity contribution in [3.8, 4) is 0 Å². The van der Waals surface area contributed by atoms with E-state index in [1.807, 2.05) is 19.1 Å². The first-order valence-electron chi connectivity index (χ1n) is 5.13. The molecule has 0 aromatic heterocycles. The lowest BCUT2D eigenvalue weighted by atomic mass is 10.2. The van der Waals surface area contributed by atoms with Crippen LogP contribution in [-0.4, -0.2) is 17.0 Å². The number of amides is 1. The van der Waals surface area contributed by atoms with Gasteiger partial charge in [-0.3, -0.25) is 9.69 Å². The molecular weight excluding hydrogens is 220 g/mol. The number of carbonyl (C=O) groups excluding carboxylic acids is 1. The van der Waals surface area contributed by atoms with E-state index in [2.05, 4.69) is 0 Å². The van der Waals surface area contributed by atoms with Gasteiger partial charge in [-0.2, -0.15) is 0 Å². The van der Waals surface area contributed by atoms with Gasteiger partial charge in [-0.05, 0) is 18.6 Å². The molecule has 0 aliphatic carbocycles. The van der Waals surface area contributed by atoms with Gasteiger partial charge in [0.25, 0.3) is 0 Å². The van der Waals surface area contributed by atoms with Crippen LogP contribution < -0.4 is 10.6 Å². The van der Waals surface area contributed by atoms with Crippen LogP contribution in [0.5, 0.6) is 0 Å². The Balaban J connectivity index is 2.50. The van der Waals surface area contributed by atoms with E-state index in [-0.39, 0.29) is 23.7 Å². The molecule has 1 heterocycles. The summed E-state index contributed by atoms with van der Waals surface area (Å²) in [6, 6.07) is 7.21. The summed E-state index contributed by atoms with van der Waals surface area (Å²) in [6.45, 7) is 1.84. The number of rotatable bonds is 2. The zero-order valence-electron chi connectivity index (χ0n) is 9.30.